The number of hydrogen-bond donors (Lipinski definition) is 1. The van der Waals surface area contributed by atoms with Crippen molar-refractivity contribution in [2.75, 3.05) is 6.61 Å². The van der Waals surface area contributed by atoms with Gasteiger partial charge >= 0.3 is 0 Å². The quantitative estimate of drug-likeness (QED) is 0.545. The zero-order valence-corrected chi connectivity index (χ0v) is 16.9. The van der Waals surface area contributed by atoms with Crippen molar-refractivity contribution in [3.63, 3.8) is 0 Å². The molecule has 4 aromatic rings. The van der Waals surface area contributed by atoms with Gasteiger partial charge in [0.2, 0.25) is 11.4 Å². The van der Waals surface area contributed by atoms with Gasteiger partial charge in [-0.2, -0.15) is 4.98 Å². The van der Waals surface area contributed by atoms with Crippen LogP contribution in [0.25, 0.3) is 22.0 Å². The Morgan fingerprint density at radius 2 is 1.97 bits per heavy atom. The molecule has 1 aromatic carbocycles. The Morgan fingerprint density at radius 3 is 2.87 bits per heavy atom. The number of nitrogens with one attached hydrogen (secondary N) is 1. The number of pyridine rings is 2. The second kappa shape index (κ2) is 7.37. The molecule has 3 heterocycles. The SMILES string of the molecule is Cc1ncc(-c2cc(=O)[nH]cc2C)c(OC[C@H]2C[C@@H]2c2ccc3ccccc3n2)n1. The van der Waals surface area contributed by atoms with Gasteiger partial charge < -0.3 is 9.72 Å². The Kier molecular flexibility index (Phi) is 4.54. The molecule has 3 aromatic heterocycles. The van der Waals surface area contributed by atoms with E-state index in [1.165, 1.54) is 0 Å². The molecule has 150 valence electrons. The number of benzene rings is 1. The van der Waals surface area contributed by atoms with E-state index in [0.717, 1.165) is 39.7 Å². The van der Waals surface area contributed by atoms with Gasteiger partial charge in [-0.3, -0.25) is 9.78 Å². The maximum absolute atomic E-state index is 11.8. The van der Waals surface area contributed by atoms with Crippen LogP contribution in [0.4, 0.5) is 0 Å². The lowest BCUT2D eigenvalue weighted by molar-refractivity contribution is 0.285. The zero-order valence-electron chi connectivity index (χ0n) is 16.9. The molecule has 0 bridgehead atoms. The van der Waals surface area contributed by atoms with E-state index in [0.29, 0.717) is 30.1 Å². The van der Waals surface area contributed by atoms with E-state index in [9.17, 15) is 4.79 Å². The van der Waals surface area contributed by atoms with Crippen molar-refractivity contribution in [2.45, 2.75) is 26.2 Å². The molecule has 2 atom stereocenters. The van der Waals surface area contributed by atoms with Gasteiger partial charge in [0.05, 0.1) is 17.7 Å². The van der Waals surface area contributed by atoms with Gasteiger partial charge in [-0.25, -0.2) is 4.98 Å². The summed E-state index contributed by atoms with van der Waals surface area (Å²) in [7, 11) is 0. The Balaban J connectivity index is 1.35. The van der Waals surface area contributed by atoms with E-state index in [2.05, 4.69) is 33.2 Å². The second-order valence-corrected chi connectivity index (χ2v) is 7.87. The molecule has 1 saturated carbocycles. The highest BCUT2D eigenvalue weighted by Crippen LogP contribution is 2.47. The maximum Gasteiger partial charge on any atom is 0.248 e. The Morgan fingerprint density at radius 1 is 1.10 bits per heavy atom. The number of rotatable bonds is 5. The van der Waals surface area contributed by atoms with Crippen LogP contribution in [0.2, 0.25) is 0 Å². The summed E-state index contributed by atoms with van der Waals surface area (Å²) in [6.07, 6.45) is 4.48. The molecular weight excluding hydrogens is 376 g/mol. The monoisotopic (exact) mass is 398 g/mol. The highest BCUT2D eigenvalue weighted by atomic mass is 16.5. The summed E-state index contributed by atoms with van der Waals surface area (Å²) in [6, 6.07) is 14.0. The van der Waals surface area contributed by atoms with Crippen LogP contribution < -0.4 is 10.3 Å². The molecule has 30 heavy (non-hydrogen) atoms. The second-order valence-electron chi connectivity index (χ2n) is 7.87. The number of H-pyrrole nitrogens is 1. The summed E-state index contributed by atoms with van der Waals surface area (Å²) in [5.41, 5.74) is 4.46. The fraction of sp³-hybridized carbons (Fsp3) is 0.250. The molecule has 1 aliphatic rings. The molecule has 1 aliphatic carbocycles. The first-order valence-corrected chi connectivity index (χ1v) is 10.1. The van der Waals surface area contributed by atoms with Crippen molar-refractivity contribution in [2.24, 2.45) is 5.92 Å². The smallest absolute Gasteiger partial charge is 0.248 e. The predicted octanol–water partition coefficient (Wildman–Crippen LogP) is 4.18. The molecule has 0 spiro atoms. The van der Waals surface area contributed by atoms with Gasteiger partial charge in [0.25, 0.3) is 0 Å². The first-order chi connectivity index (χ1) is 14.6. The summed E-state index contributed by atoms with van der Waals surface area (Å²) in [4.78, 5) is 28.1. The van der Waals surface area contributed by atoms with Crippen LogP contribution in [0.3, 0.4) is 0 Å². The van der Waals surface area contributed by atoms with E-state index < -0.39 is 0 Å². The number of ether oxygens (including phenoxy) is 1. The number of aryl methyl sites for hydroxylation is 2. The summed E-state index contributed by atoms with van der Waals surface area (Å²) in [6.45, 7) is 4.34. The zero-order chi connectivity index (χ0) is 20.7. The average Bonchev–Trinajstić information content (AvgIpc) is 3.54. The number of para-hydroxylation sites is 1. The van der Waals surface area contributed by atoms with Gasteiger partial charge in [-0.05, 0) is 43.5 Å². The standard InChI is InChI=1S/C24H22N4O2/c1-14-11-26-23(29)10-18(14)20-12-25-15(2)27-24(20)30-13-17-9-19(17)22-8-7-16-5-3-4-6-21(16)28-22/h3-8,10-12,17,19H,9,13H2,1-2H3,(H,26,29)/t17-,19+/m1/s1. The van der Waals surface area contributed by atoms with Crippen molar-refractivity contribution >= 4 is 10.9 Å². The molecule has 0 amide bonds. The minimum atomic E-state index is -0.160. The molecule has 5 rings (SSSR count). The van der Waals surface area contributed by atoms with Gasteiger partial charge in [0.15, 0.2) is 0 Å². The average molecular weight is 398 g/mol. The Hall–Kier alpha value is -3.54. The van der Waals surface area contributed by atoms with Crippen molar-refractivity contribution < 1.29 is 4.74 Å². The first-order valence-electron chi connectivity index (χ1n) is 10.1. The van der Waals surface area contributed by atoms with Crippen molar-refractivity contribution in [3.05, 3.63) is 82.3 Å². The number of aromatic nitrogens is 4. The summed E-state index contributed by atoms with van der Waals surface area (Å²) in [5.74, 6) is 1.97. The lowest BCUT2D eigenvalue weighted by Crippen LogP contribution is -2.08. The van der Waals surface area contributed by atoms with E-state index >= 15 is 0 Å². The molecule has 6 heteroatoms. The Bertz CT molecular complexity index is 1300. The molecule has 1 fully saturated rings. The highest BCUT2D eigenvalue weighted by molar-refractivity contribution is 5.78. The molecule has 0 unspecified atom stereocenters. The third-order valence-electron chi connectivity index (χ3n) is 5.65. The normalized spacial score (nSPS) is 17.8. The maximum atomic E-state index is 11.8. The van der Waals surface area contributed by atoms with Gasteiger partial charge in [0, 0.05) is 41.4 Å². The van der Waals surface area contributed by atoms with E-state index in [1.807, 2.05) is 32.0 Å². The molecule has 0 saturated heterocycles. The Labute approximate surface area is 174 Å². The fourth-order valence-electron chi connectivity index (χ4n) is 3.85. The number of nitrogens with zero attached hydrogens (tertiary/aromatic N) is 3. The topological polar surface area (TPSA) is 80.8 Å². The molecule has 0 radical (unpaired) electrons. The largest absolute Gasteiger partial charge is 0.477 e. The van der Waals surface area contributed by atoms with Gasteiger partial charge in [0.1, 0.15) is 5.82 Å². The van der Waals surface area contributed by atoms with Crippen molar-refractivity contribution in [3.8, 4) is 17.0 Å². The summed E-state index contributed by atoms with van der Waals surface area (Å²) < 4.78 is 6.14. The van der Waals surface area contributed by atoms with E-state index in [1.54, 1.807) is 18.5 Å². The van der Waals surface area contributed by atoms with Crippen LogP contribution >= 0.6 is 0 Å². The third kappa shape index (κ3) is 3.56. The van der Waals surface area contributed by atoms with Crippen molar-refractivity contribution in [1.29, 1.82) is 0 Å². The van der Waals surface area contributed by atoms with Crippen LogP contribution in [0.15, 0.2) is 59.7 Å². The number of aromatic amines is 1. The highest BCUT2D eigenvalue weighted by Gasteiger charge is 2.40. The van der Waals surface area contributed by atoms with Crippen LogP contribution in [0, 0.1) is 19.8 Å². The van der Waals surface area contributed by atoms with Crippen LogP contribution in [0.1, 0.15) is 29.4 Å². The number of fused-ring (bicyclic) bond motifs is 1. The lowest BCUT2D eigenvalue weighted by atomic mass is 10.1. The molecule has 1 N–H and O–H groups in total. The minimum absolute atomic E-state index is 0.160. The molecule has 6 nitrogen and oxygen atoms in total. The third-order valence-corrected chi connectivity index (χ3v) is 5.65. The summed E-state index contributed by atoms with van der Waals surface area (Å²) >= 11 is 0. The lowest BCUT2D eigenvalue weighted by Gasteiger charge is -2.12. The van der Waals surface area contributed by atoms with E-state index in [4.69, 9.17) is 9.72 Å². The predicted molar refractivity (Wildman–Crippen MR) is 116 cm³/mol. The van der Waals surface area contributed by atoms with Gasteiger partial charge in [-0.1, -0.05) is 24.3 Å². The number of hydrogen-bond acceptors (Lipinski definition) is 5. The molecule has 0 aliphatic heterocycles. The van der Waals surface area contributed by atoms with Crippen LogP contribution in [0.5, 0.6) is 5.88 Å². The summed E-state index contributed by atoms with van der Waals surface area (Å²) in [5, 5.41) is 1.16. The first kappa shape index (κ1) is 18.5. The molecular formula is C24H22N4O2. The van der Waals surface area contributed by atoms with Gasteiger partial charge in [-0.15, -0.1) is 0 Å². The minimum Gasteiger partial charge on any atom is -0.477 e. The van der Waals surface area contributed by atoms with E-state index in [-0.39, 0.29) is 5.56 Å². The fourth-order valence-corrected chi connectivity index (χ4v) is 3.85. The van der Waals surface area contributed by atoms with Crippen molar-refractivity contribution in [1.82, 2.24) is 19.9 Å². The van der Waals surface area contributed by atoms with Crippen LogP contribution in [-0.4, -0.2) is 26.5 Å². The van der Waals surface area contributed by atoms with Crippen LogP contribution in [-0.2, 0) is 0 Å².